The molecule has 0 aliphatic heterocycles. The summed E-state index contributed by atoms with van der Waals surface area (Å²) >= 11 is 5.98. The Morgan fingerprint density at radius 1 is 1.39 bits per heavy atom. The predicted octanol–water partition coefficient (Wildman–Crippen LogP) is 3.44. The van der Waals surface area contributed by atoms with Crippen molar-refractivity contribution in [1.82, 2.24) is 9.78 Å². The molecule has 0 aliphatic carbocycles. The highest BCUT2D eigenvalue weighted by molar-refractivity contribution is 6.31. The molecule has 1 aromatic carbocycles. The third-order valence-electron chi connectivity index (χ3n) is 3.01. The van der Waals surface area contributed by atoms with Crippen LogP contribution in [0.2, 0.25) is 5.02 Å². The molecule has 0 saturated heterocycles. The van der Waals surface area contributed by atoms with Crippen LogP contribution < -0.4 is 5.32 Å². The molecule has 2 aromatic rings. The molecule has 0 amide bonds. The summed E-state index contributed by atoms with van der Waals surface area (Å²) in [5, 5.41) is 7.92. The van der Waals surface area contributed by atoms with Crippen molar-refractivity contribution in [3.63, 3.8) is 0 Å². The Labute approximate surface area is 111 Å². The zero-order valence-corrected chi connectivity index (χ0v) is 11.3. The summed E-state index contributed by atoms with van der Waals surface area (Å²) in [5.74, 6) is -0.297. The van der Waals surface area contributed by atoms with Crippen molar-refractivity contribution in [3.05, 3.63) is 46.0 Å². The molecule has 0 fully saturated rings. The van der Waals surface area contributed by atoms with E-state index in [1.54, 1.807) is 16.8 Å². The third-order valence-corrected chi connectivity index (χ3v) is 3.37. The highest BCUT2D eigenvalue weighted by Crippen LogP contribution is 2.23. The number of aromatic nitrogens is 2. The van der Waals surface area contributed by atoms with Crippen molar-refractivity contribution in [2.24, 2.45) is 7.05 Å². The van der Waals surface area contributed by atoms with Gasteiger partial charge in [-0.05, 0) is 26.0 Å². The average molecular weight is 268 g/mol. The van der Waals surface area contributed by atoms with Gasteiger partial charge in [0, 0.05) is 24.2 Å². The van der Waals surface area contributed by atoms with Crippen molar-refractivity contribution in [1.29, 1.82) is 0 Å². The van der Waals surface area contributed by atoms with Crippen molar-refractivity contribution in [2.45, 2.75) is 20.4 Å². The lowest BCUT2D eigenvalue weighted by Gasteiger charge is -2.09. The first-order chi connectivity index (χ1) is 8.50. The minimum absolute atomic E-state index is 0.297. The smallest absolute Gasteiger partial charge is 0.129 e. The molecule has 3 nitrogen and oxygen atoms in total. The summed E-state index contributed by atoms with van der Waals surface area (Å²) in [7, 11) is 1.88. The van der Waals surface area contributed by atoms with Gasteiger partial charge in [0.15, 0.2) is 0 Å². The number of nitrogens with zero attached hydrogens (tertiary/aromatic N) is 2. The van der Waals surface area contributed by atoms with Crippen LogP contribution in [-0.4, -0.2) is 9.78 Å². The van der Waals surface area contributed by atoms with Crippen LogP contribution in [0.5, 0.6) is 0 Å². The van der Waals surface area contributed by atoms with Gasteiger partial charge in [0.2, 0.25) is 0 Å². The second-order valence-electron chi connectivity index (χ2n) is 4.22. The van der Waals surface area contributed by atoms with E-state index < -0.39 is 0 Å². The number of rotatable bonds is 3. The number of aryl methyl sites for hydroxylation is 2. The van der Waals surface area contributed by atoms with E-state index in [9.17, 15) is 4.39 Å². The maximum Gasteiger partial charge on any atom is 0.129 e. The van der Waals surface area contributed by atoms with Gasteiger partial charge in [-0.25, -0.2) is 4.39 Å². The maximum absolute atomic E-state index is 13.6. The molecule has 0 aliphatic rings. The Balaban J connectivity index is 2.22. The summed E-state index contributed by atoms with van der Waals surface area (Å²) in [6.07, 6.45) is 0. The first-order valence-corrected chi connectivity index (χ1v) is 6.05. The second-order valence-corrected chi connectivity index (χ2v) is 4.63. The highest BCUT2D eigenvalue weighted by Gasteiger charge is 2.11. The molecule has 5 heteroatoms. The van der Waals surface area contributed by atoms with Crippen molar-refractivity contribution < 1.29 is 4.39 Å². The Morgan fingerprint density at radius 3 is 2.67 bits per heavy atom. The zero-order chi connectivity index (χ0) is 13.3. The fraction of sp³-hybridized carbons (Fsp3) is 0.308. The van der Waals surface area contributed by atoms with E-state index in [1.165, 1.54) is 6.07 Å². The van der Waals surface area contributed by atoms with Crippen molar-refractivity contribution in [2.75, 3.05) is 5.32 Å². The van der Waals surface area contributed by atoms with E-state index in [2.05, 4.69) is 10.4 Å². The third kappa shape index (κ3) is 2.34. The molecule has 1 heterocycles. The van der Waals surface area contributed by atoms with Crippen LogP contribution in [-0.2, 0) is 13.6 Å². The fourth-order valence-electron chi connectivity index (χ4n) is 1.91. The molecule has 1 N–H and O–H groups in total. The minimum Gasteiger partial charge on any atom is -0.378 e. The van der Waals surface area contributed by atoms with Gasteiger partial charge in [-0.2, -0.15) is 5.10 Å². The molecule has 0 unspecified atom stereocenters. The molecule has 0 radical (unpaired) electrons. The van der Waals surface area contributed by atoms with E-state index in [0.717, 1.165) is 17.1 Å². The summed E-state index contributed by atoms with van der Waals surface area (Å²) < 4.78 is 15.4. The quantitative estimate of drug-likeness (QED) is 0.923. The van der Waals surface area contributed by atoms with E-state index in [1.807, 2.05) is 20.9 Å². The van der Waals surface area contributed by atoms with Crippen LogP contribution in [0.25, 0.3) is 0 Å². The van der Waals surface area contributed by atoms with Gasteiger partial charge in [-0.1, -0.05) is 17.7 Å². The standard InChI is InChI=1S/C13H15ClFN3/c1-8-13(9(2)18(3)17-8)16-7-10-11(14)5-4-6-12(10)15/h4-6,16H,7H2,1-3H3. The fourth-order valence-corrected chi connectivity index (χ4v) is 2.14. The second kappa shape index (κ2) is 4.98. The molecular weight excluding hydrogens is 253 g/mol. The lowest BCUT2D eigenvalue weighted by atomic mass is 10.2. The van der Waals surface area contributed by atoms with Gasteiger partial charge in [0.25, 0.3) is 0 Å². The summed E-state index contributed by atoms with van der Waals surface area (Å²) in [4.78, 5) is 0. The van der Waals surface area contributed by atoms with E-state index >= 15 is 0 Å². The SMILES string of the molecule is Cc1nn(C)c(C)c1NCc1c(F)cccc1Cl. The van der Waals surface area contributed by atoms with E-state index in [0.29, 0.717) is 17.1 Å². The molecule has 0 saturated carbocycles. The van der Waals surface area contributed by atoms with Gasteiger partial charge < -0.3 is 5.32 Å². The lowest BCUT2D eigenvalue weighted by Crippen LogP contribution is -2.04. The first kappa shape index (κ1) is 12.9. The summed E-state index contributed by atoms with van der Waals surface area (Å²) in [5.41, 5.74) is 3.31. The number of hydrogen-bond donors (Lipinski definition) is 1. The van der Waals surface area contributed by atoms with Gasteiger partial charge in [0.05, 0.1) is 17.1 Å². The van der Waals surface area contributed by atoms with Crippen LogP contribution in [0.4, 0.5) is 10.1 Å². The Bertz CT molecular complexity index is 558. The van der Waals surface area contributed by atoms with Crippen LogP contribution in [0.15, 0.2) is 18.2 Å². The van der Waals surface area contributed by atoms with Crippen LogP contribution in [0.3, 0.4) is 0 Å². The van der Waals surface area contributed by atoms with Crippen LogP contribution >= 0.6 is 11.6 Å². The zero-order valence-electron chi connectivity index (χ0n) is 10.6. The predicted molar refractivity (Wildman–Crippen MR) is 71.4 cm³/mol. The average Bonchev–Trinajstić information content (AvgIpc) is 2.54. The Morgan fingerprint density at radius 2 is 2.11 bits per heavy atom. The molecule has 18 heavy (non-hydrogen) atoms. The van der Waals surface area contributed by atoms with Gasteiger partial charge in [-0.15, -0.1) is 0 Å². The molecule has 0 atom stereocenters. The number of anilines is 1. The molecule has 96 valence electrons. The molecule has 1 aromatic heterocycles. The van der Waals surface area contributed by atoms with Gasteiger partial charge in [0.1, 0.15) is 5.82 Å². The number of hydrogen-bond acceptors (Lipinski definition) is 2. The van der Waals surface area contributed by atoms with Crippen LogP contribution in [0.1, 0.15) is 17.0 Å². The Hall–Kier alpha value is -1.55. The molecule has 2 rings (SSSR count). The molecule has 0 bridgehead atoms. The first-order valence-electron chi connectivity index (χ1n) is 5.67. The topological polar surface area (TPSA) is 29.9 Å². The van der Waals surface area contributed by atoms with Crippen LogP contribution in [0, 0.1) is 19.7 Å². The molecule has 0 spiro atoms. The van der Waals surface area contributed by atoms with E-state index in [4.69, 9.17) is 11.6 Å². The van der Waals surface area contributed by atoms with Crippen molar-refractivity contribution in [3.8, 4) is 0 Å². The number of halogens is 2. The van der Waals surface area contributed by atoms with E-state index in [-0.39, 0.29) is 5.82 Å². The summed E-state index contributed by atoms with van der Waals surface area (Å²) in [6.45, 7) is 4.22. The minimum atomic E-state index is -0.297. The highest BCUT2D eigenvalue weighted by atomic mass is 35.5. The lowest BCUT2D eigenvalue weighted by molar-refractivity contribution is 0.613. The maximum atomic E-state index is 13.6. The number of benzene rings is 1. The largest absolute Gasteiger partial charge is 0.378 e. The monoisotopic (exact) mass is 267 g/mol. The van der Waals surface area contributed by atoms with Gasteiger partial charge >= 0.3 is 0 Å². The molecular formula is C13H15ClFN3. The number of nitrogens with one attached hydrogen (secondary N) is 1. The summed E-state index contributed by atoms with van der Waals surface area (Å²) in [6, 6.07) is 4.69. The Kier molecular flexibility index (Phi) is 3.57. The normalized spacial score (nSPS) is 10.7. The van der Waals surface area contributed by atoms with Crippen molar-refractivity contribution >= 4 is 17.3 Å². The van der Waals surface area contributed by atoms with Gasteiger partial charge in [-0.3, -0.25) is 4.68 Å².